The molecule has 0 spiro atoms. The predicted molar refractivity (Wildman–Crippen MR) is 148 cm³/mol. The van der Waals surface area contributed by atoms with E-state index >= 15 is 0 Å². The van der Waals surface area contributed by atoms with Crippen molar-refractivity contribution in [3.05, 3.63) is 58.9 Å². The van der Waals surface area contributed by atoms with Crippen molar-refractivity contribution in [3.63, 3.8) is 0 Å². The number of pyridine rings is 1. The summed E-state index contributed by atoms with van der Waals surface area (Å²) in [6.07, 6.45) is 4.39. The van der Waals surface area contributed by atoms with Gasteiger partial charge in [-0.15, -0.1) is 0 Å². The molecular formula is C30H36N4O5. The van der Waals surface area contributed by atoms with Crippen LogP contribution in [0.4, 0.5) is 5.69 Å². The Labute approximate surface area is 228 Å². The highest BCUT2D eigenvalue weighted by atomic mass is 16.4. The normalized spacial score (nSPS) is 12.6. The first kappa shape index (κ1) is 29.5. The van der Waals surface area contributed by atoms with E-state index in [-0.39, 0.29) is 30.4 Å². The maximum absolute atomic E-state index is 13.4. The molecule has 2 aromatic heterocycles. The molecule has 1 unspecified atom stereocenters. The lowest BCUT2D eigenvalue weighted by Gasteiger charge is -2.18. The number of Topliss-reactive ketones (excluding diaryl/α,β-unsaturated/α-hetero) is 1. The summed E-state index contributed by atoms with van der Waals surface area (Å²) in [5, 5.41) is 29.8. The predicted octanol–water partition coefficient (Wildman–Crippen LogP) is 4.95. The molecule has 2 atom stereocenters. The van der Waals surface area contributed by atoms with Crippen molar-refractivity contribution in [2.24, 2.45) is 13.0 Å². The first-order valence-corrected chi connectivity index (χ1v) is 13.2. The number of carboxylic acids is 1. The van der Waals surface area contributed by atoms with Crippen LogP contribution in [0.15, 0.2) is 36.5 Å². The van der Waals surface area contributed by atoms with Crippen LogP contribution in [0.25, 0.3) is 11.0 Å². The number of unbranched alkanes of at least 4 members (excludes halogenated alkanes) is 2. The number of aromatic nitrogens is 2. The molecule has 9 heteroatoms. The number of hydrogen-bond acceptors (Lipinski definition) is 6. The van der Waals surface area contributed by atoms with Crippen molar-refractivity contribution in [2.45, 2.75) is 64.9 Å². The third-order valence-corrected chi connectivity index (χ3v) is 7.12. The quantitative estimate of drug-likeness (QED) is 0.235. The second-order valence-electron chi connectivity index (χ2n) is 10.2. The molecule has 9 nitrogen and oxygen atoms in total. The van der Waals surface area contributed by atoms with Crippen LogP contribution in [-0.2, 0) is 23.1 Å². The highest BCUT2D eigenvalue weighted by Gasteiger charge is 2.24. The van der Waals surface area contributed by atoms with Crippen molar-refractivity contribution >= 4 is 34.4 Å². The molecule has 0 fully saturated rings. The fourth-order valence-corrected chi connectivity index (χ4v) is 4.91. The van der Waals surface area contributed by atoms with Gasteiger partial charge in [0, 0.05) is 62.4 Å². The number of fused-ring (bicyclic) bond motifs is 1. The lowest BCUT2D eigenvalue weighted by Crippen LogP contribution is -2.22. The molecule has 3 aromatic rings. The minimum absolute atomic E-state index is 0.0804. The van der Waals surface area contributed by atoms with Gasteiger partial charge >= 0.3 is 5.97 Å². The van der Waals surface area contributed by atoms with E-state index in [0.717, 1.165) is 36.2 Å². The van der Waals surface area contributed by atoms with Crippen molar-refractivity contribution in [2.75, 3.05) is 11.9 Å². The third kappa shape index (κ3) is 7.30. The lowest BCUT2D eigenvalue weighted by atomic mass is 9.94. The number of nitriles is 1. The highest BCUT2D eigenvalue weighted by molar-refractivity contribution is 6.09. The van der Waals surface area contributed by atoms with Crippen molar-refractivity contribution in [3.8, 4) is 6.07 Å². The van der Waals surface area contributed by atoms with Crippen LogP contribution in [0.5, 0.6) is 0 Å². The average molecular weight is 533 g/mol. The molecule has 0 saturated heterocycles. The van der Waals surface area contributed by atoms with Crippen molar-refractivity contribution in [1.82, 2.24) is 9.55 Å². The molecule has 39 heavy (non-hydrogen) atoms. The summed E-state index contributed by atoms with van der Waals surface area (Å²) in [4.78, 5) is 42.1. The Morgan fingerprint density at radius 3 is 2.56 bits per heavy atom. The van der Waals surface area contributed by atoms with Crippen LogP contribution >= 0.6 is 0 Å². The summed E-state index contributed by atoms with van der Waals surface area (Å²) in [6.45, 7) is 3.24. The zero-order valence-electron chi connectivity index (χ0n) is 23.0. The molecular weight excluding hydrogens is 496 g/mol. The molecule has 0 radical (unpaired) electrons. The smallest absolute Gasteiger partial charge is 0.303 e. The molecule has 0 aliphatic heterocycles. The van der Waals surface area contributed by atoms with E-state index < -0.39 is 12.1 Å². The minimum Gasteiger partial charge on any atom is -0.481 e. The maximum atomic E-state index is 13.4. The summed E-state index contributed by atoms with van der Waals surface area (Å²) in [5.74, 6) is -1.49. The summed E-state index contributed by atoms with van der Waals surface area (Å²) in [5.41, 5.74) is 3.81. The van der Waals surface area contributed by atoms with Gasteiger partial charge in [0.2, 0.25) is 5.91 Å². The van der Waals surface area contributed by atoms with Crippen LogP contribution in [0.3, 0.4) is 0 Å². The number of hydrogen-bond donors (Lipinski definition) is 2. The monoisotopic (exact) mass is 532 g/mol. The molecule has 1 aromatic carbocycles. The van der Waals surface area contributed by atoms with E-state index in [2.05, 4.69) is 11.1 Å². The minimum atomic E-state index is -0.943. The standard InChI is InChI=1S/C30H36N4O5/c1-19(14-28(38)39)13-27(37)29-24-15-21(17-31)18-32-30(24)34(4)25(29)11-6-5-7-12-26(36)22-9-8-10-23(16-22)33(3)20(2)35/h8-10,15-16,18-19,26,36H,5-7,11-14H2,1-4H3,(H,38,39)/t19-,26?/m0/s1. The number of aliphatic carboxylic acids is 1. The van der Waals surface area contributed by atoms with Crippen LogP contribution in [0.2, 0.25) is 0 Å². The summed E-state index contributed by atoms with van der Waals surface area (Å²) in [6, 6.07) is 11.1. The van der Waals surface area contributed by atoms with Crippen LogP contribution < -0.4 is 4.90 Å². The van der Waals surface area contributed by atoms with Gasteiger partial charge in [0.05, 0.1) is 11.7 Å². The second-order valence-corrected chi connectivity index (χ2v) is 10.2. The Morgan fingerprint density at radius 2 is 1.90 bits per heavy atom. The number of carbonyl (C=O) groups is 3. The molecule has 0 aliphatic carbocycles. The number of carbonyl (C=O) groups excluding carboxylic acids is 2. The van der Waals surface area contributed by atoms with E-state index in [0.29, 0.717) is 35.0 Å². The topological polar surface area (TPSA) is 137 Å². The van der Waals surface area contributed by atoms with E-state index in [9.17, 15) is 24.8 Å². The Kier molecular flexibility index (Phi) is 9.96. The van der Waals surface area contributed by atoms with Gasteiger partial charge in [-0.2, -0.15) is 5.26 Å². The van der Waals surface area contributed by atoms with Gasteiger partial charge in [-0.3, -0.25) is 14.4 Å². The Bertz CT molecular complexity index is 1400. The van der Waals surface area contributed by atoms with E-state index in [1.54, 1.807) is 20.0 Å². The number of rotatable bonds is 13. The fourth-order valence-electron chi connectivity index (χ4n) is 4.91. The lowest BCUT2D eigenvalue weighted by molar-refractivity contribution is -0.137. The third-order valence-electron chi connectivity index (χ3n) is 7.12. The molecule has 0 bridgehead atoms. The van der Waals surface area contributed by atoms with Crippen LogP contribution in [-0.4, -0.2) is 44.5 Å². The van der Waals surface area contributed by atoms with Crippen molar-refractivity contribution in [1.29, 1.82) is 5.26 Å². The molecule has 2 heterocycles. The number of aryl methyl sites for hydroxylation is 1. The number of nitrogens with zero attached hydrogens (tertiary/aromatic N) is 4. The Morgan fingerprint density at radius 1 is 1.15 bits per heavy atom. The molecule has 3 rings (SSSR count). The Hall–Kier alpha value is -4.03. The first-order valence-electron chi connectivity index (χ1n) is 13.2. The molecule has 206 valence electrons. The first-order chi connectivity index (χ1) is 18.5. The highest BCUT2D eigenvalue weighted by Crippen LogP contribution is 2.30. The zero-order valence-corrected chi connectivity index (χ0v) is 23.0. The van der Waals surface area contributed by atoms with Gasteiger partial charge in [0.15, 0.2) is 5.78 Å². The molecule has 1 amide bonds. The number of ketones is 1. The van der Waals surface area contributed by atoms with Gasteiger partial charge in [0.25, 0.3) is 0 Å². The SMILES string of the molecule is CC(=O)N(C)c1cccc(C(O)CCCCCc2c(C(=O)C[C@H](C)CC(=O)O)c3cc(C#N)cnc3n2C)c1. The molecule has 0 saturated carbocycles. The van der Waals surface area contributed by atoms with Crippen LogP contribution in [0, 0.1) is 17.2 Å². The average Bonchev–Trinajstić information content (AvgIpc) is 3.17. The molecule has 0 aliphatic rings. The number of aliphatic hydroxyl groups excluding tert-OH is 1. The van der Waals surface area contributed by atoms with Gasteiger partial charge < -0.3 is 19.7 Å². The second kappa shape index (κ2) is 13.2. The number of benzene rings is 1. The van der Waals surface area contributed by atoms with Gasteiger partial charge in [-0.25, -0.2) is 4.98 Å². The number of anilines is 1. The summed E-state index contributed by atoms with van der Waals surface area (Å²) >= 11 is 0. The largest absolute Gasteiger partial charge is 0.481 e. The fraction of sp³-hybridized carbons (Fsp3) is 0.433. The van der Waals surface area contributed by atoms with E-state index in [4.69, 9.17) is 5.11 Å². The Balaban J connectivity index is 1.70. The van der Waals surface area contributed by atoms with Crippen molar-refractivity contribution < 1.29 is 24.6 Å². The van der Waals surface area contributed by atoms with Gasteiger partial charge in [0.1, 0.15) is 11.7 Å². The maximum Gasteiger partial charge on any atom is 0.303 e. The van der Waals surface area contributed by atoms with E-state index in [1.165, 1.54) is 18.0 Å². The van der Waals surface area contributed by atoms with Gasteiger partial charge in [-0.05, 0) is 48.9 Å². The van der Waals surface area contributed by atoms with E-state index in [1.807, 2.05) is 35.9 Å². The molecule has 2 N–H and O–H groups in total. The number of amides is 1. The zero-order chi connectivity index (χ0) is 28.7. The van der Waals surface area contributed by atoms with Crippen LogP contribution in [0.1, 0.15) is 85.7 Å². The van der Waals surface area contributed by atoms with Gasteiger partial charge in [-0.1, -0.05) is 31.9 Å². The number of carboxylic acid groups (broad SMARTS) is 1. The number of aliphatic hydroxyl groups is 1. The summed E-state index contributed by atoms with van der Waals surface area (Å²) < 4.78 is 1.89. The summed E-state index contributed by atoms with van der Waals surface area (Å²) in [7, 11) is 3.55.